The number of hydrogen-bond donors (Lipinski definition) is 4. The van der Waals surface area contributed by atoms with Gasteiger partial charge in [-0.05, 0) is 44.4 Å². The molecule has 4 aliphatic heterocycles. The normalized spacial score (nSPS) is 44.4. The average Bonchev–Trinajstić information content (AvgIpc) is 3.55. The predicted molar refractivity (Wildman–Crippen MR) is 142 cm³/mol. The Labute approximate surface area is 228 Å². The number of hydrazine groups is 1. The number of piperidine rings is 1. The van der Waals surface area contributed by atoms with Crippen molar-refractivity contribution >= 4 is 35.2 Å². The molecule has 37 heavy (non-hydrogen) atoms. The van der Waals surface area contributed by atoms with Crippen molar-refractivity contribution in [2.45, 2.75) is 73.0 Å². The number of methoxy groups -OCH3 is 1. The Hall–Kier alpha value is -1.13. The number of nitrogens with one attached hydrogen (secondary N) is 4. The first kappa shape index (κ1) is 27.4. The van der Waals surface area contributed by atoms with Crippen LogP contribution in [-0.2, 0) is 14.3 Å². The monoisotopic (exact) mass is 553 g/mol. The summed E-state index contributed by atoms with van der Waals surface area (Å²) < 4.78 is 5.85. The SMILES string of the molecule is COC1CCC(C#N)CC1C1CC(C)NCC1C(=O)NC1NC2CN(C(=O)C3C(Cl)CNN3C)CC2S1. The largest absolute Gasteiger partial charge is 0.381 e. The highest BCUT2D eigenvalue weighted by Gasteiger charge is 2.48. The standard InChI is InChI=1S/C25H40ClN7O3S/c1-13-6-15(16-7-14(8-27)4-5-20(16)36-3)17(9-28-13)23(34)31-25-30-19-11-33(12-21(19)37-25)24(35)22-18(26)10-29-32(22)2/h13-22,25,28-30H,4-7,9-12H2,1-3H3,(H,31,34). The van der Waals surface area contributed by atoms with E-state index in [1.165, 1.54) is 0 Å². The molecule has 5 rings (SSSR count). The maximum absolute atomic E-state index is 13.6. The first-order valence-corrected chi connectivity index (χ1v) is 14.9. The van der Waals surface area contributed by atoms with Crippen LogP contribution in [0, 0.1) is 35.0 Å². The minimum Gasteiger partial charge on any atom is -0.381 e. The fourth-order valence-corrected chi connectivity index (χ4v) is 8.85. The van der Waals surface area contributed by atoms with Gasteiger partial charge in [0.25, 0.3) is 0 Å². The average molecular weight is 554 g/mol. The summed E-state index contributed by atoms with van der Waals surface area (Å²) >= 11 is 8.08. The highest BCUT2D eigenvalue weighted by molar-refractivity contribution is 8.00. The molecule has 206 valence electrons. The lowest BCUT2D eigenvalue weighted by atomic mass is 9.66. The molecule has 11 unspecified atom stereocenters. The zero-order chi connectivity index (χ0) is 26.3. The van der Waals surface area contributed by atoms with Gasteiger partial charge in [-0.1, -0.05) is 0 Å². The fourth-order valence-electron chi connectivity index (χ4n) is 7.10. The number of nitrogens with zero attached hydrogens (tertiary/aromatic N) is 3. The van der Waals surface area contributed by atoms with Gasteiger partial charge >= 0.3 is 0 Å². The van der Waals surface area contributed by atoms with Gasteiger partial charge in [-0.25, -0.2) is 5.01 Å². The number of ether oxygens (including phenoxy) is 1. The molecule has 2 amide bonds. The summed E-state index contributed by atoms with van der Waals surface area (Å²) in [6.07, 6.45) is 3.55. The Morgan fingerprint density at radius 1 is 1.19 bits per heavy atom. The van der Waals surface area contributed by atoms with Gasteiger partial charge < -0.3 is 20.3 Å². The summed E-state index contributed by atoms with van der Waals surface area (Å²) in [7, 11) is 3.61. The van der Waals surface area contributed by atoms with E-state index in [9.17, 15) is 14.9 Å². The second-order valence-electron chi connectivity index (χ2n) is 11.4. The van der Waals surface area contributed by atoms with E-state index in [-0.39, 0.29) is 69.8 Å². The first-order valence-electron chi connectivity index (χ1n) is 13.6. The molecular weight excluding hydrogens is 514 g/mol. The number of hydrogen-bond acceptors (Lipinski definition) is 9. The Kier molecular flexibility index (Phi) is 8.56. The van der Waals surface area contributed by atoms with E-state index in [1.807, 2.05) is 17.0 Å². The van der Waals surface area contributed by atoms with Crippen molar-refractivity contribution in [2.75, 3.05) is 40.3 Å². The van der Waals surface area contributed by atoms with E-state index in [0.717, 1.165) is 25.7 Å². The third kappa shape index (κ3) is 5.62. The lowest BCUT2D eigenvalue weighted by molar-refractivity contribution is -0.135. The Bertz CT molecular complexity index is 884. The molecule has 5 fully saturated rings. The van der Waals surface area contributed by atoms with Crippen molar-refractivity contribution in [2.24, 2.45) is 23.7 Å². The number of likely N-dealkylation sites (N-methyl/N-ethyl adjacent to an activating group) is 1. The molecule has 4 saturated heterocycles. The van der Waals surface area contributed by atoms with Gasteiger partial charge in [-0.2, -0.15) is 5.26 Å². The molecule has 12 heteroatoms. The Balaban J connectivity index is 1.18. The molecule has 1 aliphatic carbocycles. The van der Waals surface area contributed by atoms with Crippen molar-refractivity contribution in [3.8, 4) is 6.07 Å². The number of carbonyl (C=O) groups is 2. The topological polar surface area (TPSA) is 122 Å². The van der Waals surface area contributed by atoms with Crippen LogP contribution in [0.2, 0.25) is 0 Å². The van der Waals surface area contributed by atoms with E-state index in [0.29, 0.717) is 32.2 Å². The maximum atomic E-state index is 13.6. The van der Waals surface area contributed by atoms with Crippen molar-refractivity contribution in [3.63, 3.8) is 0 Å². The van der Waals surface area contributed by atoms with Crippen LogP contribution in [0.5, 0.6) is 0 Å². The van der Waals surface area contributed by atoms with E-state index in [4.69, 9.17) is 16.3 Å². The molecule has 4 N–H and O–H groups in total. The fraction of sp³-hybridized carbons (Fsp3) is 0.880. The van der Waals surface area contributed by atoms with Gasteiger partial charge in [0.15, 0.2) is 0 Å². The van der Waals surface area contributed by atoms with Crippen LogP contribution in [-0.4, -0.2) is 102 Å². The number of carbonyl (C=O) groups excluding carboxylic acids is 2. The molecule has 10 nitrogen and oxygen atoms in total. The zero-order valence-corrected chi connectivity index (χ0v) is 23.4. The van der Waals surface area contributed by atoms with E-state index in [2.05, 4.69) is 34.4 Å². The van der Waals surface area contributed by atoms with Crippen LogP contribution in [0.4, 0.5) is 0 Å². The molecule has 5 aliphatic rings. The minimum absolute atomic E-state index is 0.0382. The molecule has 0 aromatic heterocycles. The maximum Gasteiger partial charge on any atom is 0.243 e. The van der Waals surface area contributed by atoms with Crippen LogP contribution in [0.25, 0.3) is 0 Å². The van der Waals surface area contributed by atoms with Crippen LogP contribution in [0.15, 0.2) is 0 Å². The number of nitriles is 1. The molecule has 0 aromatic rings. The quantitative estimate of drug-likeness (QED) is 0.356. The van der Waals surface area contributed by atoms with Crippen molar-refractivity contribution in [1.29, 1.82) is 5.26 Å². The number of halogens is 1. The number of amides is 2. The highest BCUT2D eigenvalue weighted by atomic mass is 35.5. The summed E-state index contributed by atoms with van der Waals surface area (Å²) in [6.45, 7) is 4.67. The van der Waals surface area contributed by atoms with Crippen molar-refractivity contribution in [3.05, 3.63) is 0 Å². The van der Waals surface area contributed by atoms with Crippen LogP contribution in [0.1, 0.15) is 32.6 Å². The van der Waals surface area contributed by atoms with Crippen LogP contribution < -0.4 is 21.4 Å². The van der Waals surface area contributed by atoms with Gasteiger partial charge in [0, 0.05) is 63.6 Å². The van der Waals surface area contributed by atoms with Gasteiger partial charge in [0.05, 0.1) is 23.5 Å². The molecule has 0 bridgehead atoms. The molecule has 4 heterocycles. The lowest BCUT2D eigenvalue weighted by Crippen LogP contribution is -2.55. The van der Waals surface area contributed by atoms with Gasteiger partial charge in [-0.15, -0.1) is 23.4 Å². The van der Waals surface area contributed by atoms with Crippen molar-refractivity contribution < 1.29 is 14.3 Å². The molecule has 0 spiro atoms. The third-order valence-electron chi connectivity index (χ3n) is 9.11. The molecule has 11 atom stereocenters. The minimum atomic E-state index is -0.351. The number of alkyl halides is 1. The summed E-state index contributed by atoms with van der Waals surface area (Å²) in [5.74, 6) is 0.378. The number of rotatable bonds is 5. The number of thioether (sulfide) groups is 1. The van der Waals surface area contributed by atoms with Gasteiger partial charge in [0.1, 0.15) is 11.5 Å². The smallest absolute Gasteiger partial charge is 0.243 e. The van der Waals surface area contributed by atoms with Crippen LogP contribution in [0.3, 0.4) is 0 Å². The van der Waals surface area contributed by atoms with E-state index >= 15 is 0 Å². The zero-order valence-electron chi connectivity index (χ0n) is 21.9. The molecular formula is C25H40ClN7O3S. The van der Waals surface area contributed by atoms with Gasteiger partial charge in [-0.3, -0.25) is 20.3 Å². The third-order valence-corrected chi connectivity index (χ3v) is 10.9. The second-order valence-corrected chi connectivity index (χ2v) is 13.3. The lowest BCUT2D eigenvalue weighted by Gasteiger charge is -2.44. The van der Waals surface area contributed by atoms with Gasteiger partial charge in [0.2, 0.25) is 11.8 Å². The highest BCUT2D eigenvalue weighted by Crippen LogP contribution is 2.42. The van der Waals surface area contributed by atoms with E-state index < -0.39 is 0 Å². The first-order chi connectivity index (χ1) is 17.8. The second kappa shape index (κ2) is 11.5. The molecule has 0 aromatic carbocycles. The van der Waals surface area contributed by atoms with E-state index in [1.54, 1.807) is 18.9 Å². The van der Waals surface area contributed by atoms with Crippen LogP contribution >= 0.6 is 23.4 Å². The number of likely N-dealkylation sites (tertiary alicyclic amines) is 1. The Morgan fingerprint density at radius 2 is 2.00 bits per heavy atom. The summed E-state index contributed by atoms with van der Waals surface area (Å²) in [5.41, 5.74) is 2.96. The predicted octanol–water partition coefficient (Wildman–Crippen LogP) is 0.297. The van der Waals surface area contributed by atoms with Crippen molar-refractivity contribution in [1.82, 2.24) is 31.3 Å². The number of fused-ring (bicyclic) bond motifs is 1. The summed E-state index contributed by atoms with van der Waals surface area (Å²) in [4.78, 5) is 28.6. The summed E-state index contributed by atoms with van der Waals surface area (Å²) in [5, 5.41) is 21.7. The molecule has 0 radical (unpaired) electrons. The summed E-state index contributed by atoms with van der Waals surface area (Å²) in [6, 6.07) is 2.58. The molecule has 1 saturated carbocycles. The Morgan fingerprint density at radius 3 is 2.68 bits per heavy atom.